The number of carbonyl (C=O) groups excluding carboxylic acids is 1. The van der Waals surface area contributed by atoms with Crippen LogP contribution in [0.1, 0.15) is 24.3 Å². The van der Waals surface area contributed by atoms with Crippen molar-refractivity contribution < 1.29 is 13.6 Å². The van der Waals surface area contributed by atoms with Crippen LogP contribution in [0.25, 0.3) is 21.7 Å². The number of benzene rings is 2. The Morgan fingerprint density at radius 1 is 1.07 bits per heavy atom. The summed E-state index contributed by atoms with van der Waals surface area (Å²) in [7, 11) is 0. The van der Waals surface area contributed by atoms with E-state index in [2.05, 4.69) is 10.2 Å². The molecule has 0 aliphatic carbocycles. The molecule has 8 heteroatoms. The molecule has 146 valence electrons. The van der Waals surface area contributed by atoms with Crippen LogP contribution < -0.4 is 5.63 Å². The monoisotopic (exact) mass is 407 g/mol. The molecule has 0 bridgehead atoms. The van der Waals surface area contributed by atoms with Gasteiger partial charge in [0.05, 0.1) is 6.54 Å². The molecule has 2 aromatic heterocycles. The van der Waals surface area contributed by atoms with E-state index in [-0.39, 0.29) is 11.5 Å². The molecule has 0 saturated carbocycles. The molecule has 1 saturated heterocycles. The number of thioether (sulfide) groups is 1. The lowest BCUT2D eigenvalue weighted by Crippen LogP contribution is -2.23. The average molecular weight is 407 g/mol. The van der Waals surface area contributed by atoms with Crippen LogP contribution in [0.3, 0.4) is 0 Å². The molecule has 2 aromatic carbocycles. The third-order valence-electron chi connectivity index (χ3n) is 5.01. The van der Waals surface area contributed by atoms with E-state index >= 15 is 0 Å². The summed E-state index contributed by atoms with van der Waals surface area (Å²) < 4.78 is 11.1. The van der Waals surface area contributed by atoms with Gasteiger partial charge in [0.2, 0.25) is 11.8 Å². The summed E-state index contributed by atoms with van der Waals surface area (Å²) in [4.78, 5) is 25.5. The smallest absolute Gasteiger partial charge is 0.336 e. The van der Waals surface area contributed by atoms with Gasteiger partial charge in [-0.05, 0) is 28.8 Å². The van der Waals surface area contributed by atoms with Crippen molar-refractivity contribution in [2.45, 2.75) is 30.4 Å². The molecule has 7 nitrogen and oxygen atoms in total. The number of rotatable bonds is 5. The fourth-order valence-electron chi connectivity index (χ4n) is 3.67. The lowest BCUT2D eigenvalue weighted by Gasteiger charge is -2.11. The van der Waals surface area contributed by atoms with Crippen LogP contribution in [0.15, 0.2) is 61.3 Å². The highest BCUT2D eigenvalue weighted by Crippen LogP contribution is 2.31. The summed E-state index contributed by atoms with van der Waals surface area (Å²) in [6.07, 6.45) is 1.44. The molecule has 1 fully saturated rings. The van der Waals surface area contributed by atoms with Gasteiger partial charge in [-0.1, -0.05) is 42.1 Å². The van der Waals surface area contributed by atoms with Crippen LogP contribution in [0.5, 0.6) is 0 Å². The molecule has 1 amide bonds. The topological polar surface area (TPSA) is 89.4 Å². The first kappa shape index (κ1) is 17.9. The molecule has 0 atom stereocenters. The predicted octanol–water partition coefficient (Wildman–Crippen LogP) is 3.74. The maximum absolute atomic E-state index is 12.0. The lowest BCUT2D eigenvalue weighted by atomic mass is 10.0. The second-order valence-corrected chi connectivity index (χ2v) is 7.85. The third kappa shape index (κ3) is 3.51. The van der Waals surface area contributed by atoms with E-state index in [1.165, 1.54) is 17.8 Å². The van der Waals surface area contributed by atoms with Gasteiger partial charge in [-0.25, -0.2) is 4.79 Å². The van der Waals surface area contributed by atoms with Gasteiger partial charge in [0, 0.05) is 30.2 Å². The Balaban J connectivity index is 1.41. The molecule has 29 heavy (non-hydrogen) atoms. The fraction of sp³-hybridized carbons (Fsp3) is 0.238. The minimum Gasteiger partial charge on any atom is -0.423 e. The Kier molecular flexibility index (Phi) is 4.55. The summed E-state index contributed by atoms with van der Waals surface area (Å²) in [6.45, 7) is 1.07. The molecular formula is C21H17N3O4S. The van der Waals surface area contributed by atoms with Crippen LogP contribution in [-0.2, 0) is 17.1 Å². The molecule has 5 rings (SSSR count). The molecule has 0 radical (unpaired) electrons. The highest BCUT2D eigenvalue weighted by molar-refractivity contribution is 7.98. The number of hydrogen-bond donors (Lipinski definition) is 0. The van der Waals surface area contributed by atoms with Gasteiger partial charge in [0.25, 0.3) is 5.22 Å². The zero-order chi connectivity index (χ0) is 19.8. The van der Waals surface area contributed by atoms with E-state index in [4.69, 9.17) is 8.83 Å². The summed E-state index contributed by atoms with van der Waals surface area (Å²) in [5, 5.41) is 11.5. The van der Waals surface area contributed by atoms with E-state index in [9.17, 15) is 9.59 Å². The number of carbonyl (C=O) groups is 1. The van der Waals surface area contributed by atoms with Crippen LogP contribution >= 0.6 is 11.8 Å². The summed E-state index contributed by atoms with van der Waals surface area (Å²) in [6, 6.07) is 13.3. The number of likely N-dealkylation sites (tertiary alicyclic amines) is 1. The lowest BCUT2D eigenvalue weighted by molar-refractivity contribution is -0.128. The molecule has 0 unspecified atom stereocenters. The first-order valence-corrected chi connectivity index (χ1v) is 10.3. The Labute approximate surface area is 169 Å². The average Bonchev–Trinajstić information content (AvgIpc) is 3.35. The Bertz CT molecular complexity index is 1280. The van der Waals surface area contributed by atoms with Crippen LogP contribution in [-0.4, -0.2) is 27.5 Å². The second-order valence-electron chi connectivity index (χ2n) is 6.92. The van der Waals surface area contributed by atoms with Crippen molar-refractivity contribution >= 4 is 39.4 Å². The van der Waals surface area contributed by atoms with Crippen LogP contribution in [0.4, 0.5) is 0 Å². The zero-order valence-corrected chi connectivity index (χ0v) is 16.3. The number of aromatic nitrogens is 2. The number of amides is 1. The Morgan fingerprint density at radius 2 is 1.97 bits per heavy atom. The maximum atomic E-state index is 12.0. The minimum atomic E-state index is -0.387. The van der Waals surface area contributed by atoms with Crippen molar-refractivity contribution in [3.8, 4) is 0 Å². The summed E-state index contributed by atoms with van der Waals surface area (Å²) >= 11 is 1.36. The molecule has 0 spiro atoms. The maximum Gasteiger partial charge on any atom is 0.336 e. The highest BCUT2D eigenvalue weighted by atomic mass is 32.2. The highest BCUT2D eigenvalue weighted by Gasteiger charge is 2.22. The van der Waals surface area contributed by atoms with E-state index in [0.29, 0.717) is 35.4 Å². The number of nitrogens with zero attached hydrogens (tertiary/aromatic N) is 3. The van der Waals surface area contributed by atoms with Gasteiger partial charge in [0.1, 0.15) is 5.58 Å². The molecule has 1 aliphatic heterocycles. The molecule has 4 aromatic rings. The largest absolute Gasteiger partial charge is 0.423 e. The third-order valence-corrected chi connectivity index (χ3v) is 5.88. The van der Waals surface area contributed by atoms with Gasteiger partial charge in [0.15, 0.2) is 0 Å². The van der Waals surface area contributed by atoms with E-state index in [1.54, 1.807) is 4.90 Å². The van der Waals surface area contributed by atoms with Crippen LogP contribution in [0, 0.1) is 0 Å². The van der Waals surface area contributed by atoms with E-state index in [1.807, 2.05) is 36.4 Å². The molecule has 1 aliphatic rings. The number of fused-ring (bicyclic) bond motifs is 3. The quantitative estimate of drug-likeness (QED) is 0.283. The van der Waals surface area contributed by atoms with Crippen molar-refractivity contribution in [1.29, 1.82) is 0 Å². The van der Waals surface area contributed by atoms with E-state index in [0.717, 1.165) is 34.7 Å². The Hall–Kier alpha value is -3.13. The predicted molar refractivity (Wildman–Crippen MR) is 109 cm³/mol. The normalized spacial score (nSPS) is 14.3. The Morgan fingerprint density at radius 3 is 2.83 bits per heavy atom. The van der Waals surface area contributed by atoms with Gasteiger partial charge < -0.3 is 13.7 Å². The number of hydrogen-bond acceptors (Lipinski definition) is 7. The van der Waals surface area contributed by atoms with Crippen LogP contribution in [0.2, 0.25) is 0 Å². The van der Waals surface area contributed by atoms with Crippen molar-refractivity contribution in [2.24, 2.45) is 0 Å². The molecule has 0 N–H and O–H groups in total. The van der Waals surface area contributed by atoms with Crippen molar-refractivity contribution in [1.82, 2.24) is 15.1 Å². The van der Waals surface area contributed by atoms with E-state index < -0.39 is 0 Å². The fourth-order valence-corrected chi connectivity index (χ4v) is 4.43. The standard InChI is InChI=1S/C21H17N3O4S/c25-18-6-3-9-24(18)11-17-22-23-21(28-17)29-12-14-10-19(26)27-16-8-7-13-4-1-2-5-15(13)20(14)16/h1-2,4-5,7-8,10H,3,6,9,11-12H2. The first-order chi connectivity index (χ1) is 14.2. The summed E-state index contributed by atoms with van der Waals surface area (Å²) in [5.41, 5.74) is 1.03. The van der Waals surface area contributed by atoms with Crippen molar-refractivity contribution in [3.05, 3.63) is 64.3 Å². The van der Waals surface area contributed by atoms with Crippen molar-refractivity contribution in [2.75, 3.05) is 6.54 Å². The van der Waals surface area contributed by atoms with Gasteiger partial charge >= 0.3 is 5.63 Å². The summed E-state index contributed by atoms with van der Waals surface area (Å²) in [5.74, 6) is 1.03. The van der Waals surface area contributed by atoms with Gasteiger partial charge in [-0.3, -0.25) is 4.79 Å². The van der Waals surface area contributed by atoms with Crippen molar-refractivity contribution in [3.63, 3.8) is 0 Å². The van der Waals surface area contributed by atoms with Gasteiger partial charge in [-0.2, -0.15) is 0 Å². The molecular weight excluding hydrogens is 390 g/mol. The first-order valence-electron chi connectivity index (χ1n) is 9.35. The zero-order valence-electron chi connectivity index (χ0n) is 15.5. The minimum absolute atomic E-state index is 0.117. The second kappa shape index (κ2) is 7.36. The van der Waals surface area contributed by atoms with Gasteiger partial charge in [-0.15, -0.1) is 10.2 Å². The molecule has 3 heterocycles. The SMILES string of the molecule is O=C1CCCN1Cc1nnc(SCc2cc(=O)oc3ccc4ccccc4c23)o1.